The van der Waals surface area contributed by atoms with Gasteiger partial charge in [-0.2, -0.15) is 0 Å². The standard InChI is InChI=1S/C12H15NO4S/c1-18(15,16)7-6-17-10-3-4-11-9(8-10)2-5-12(11)13-14/h3-4,8,14H,2,5-7H2,1H3/b13-12+. The van der Waals surface area contributed by atoms with E-state index in [1.165, 1.54) is 6.26 Å². The van der Waals surface area contributed by atoms with Crippen molar-refractivity contribution in [2.45, 2.75) is 12.8 Å². The topological polar surface area (TPSA) is 76.0 Å². The number of hydrogen-bond acceptors (Lipinski definition) is 5. The first-order valence-corrected chi connectivity index (χ1v) is 7.70. The van der Waals surface area contributed by atoms with Gasteiger partial charge in [0.05, 0.1) is 11.5 Å². The molecule has 6 heteroatoms. The number of ether oxygens (including phenoxy) is 1. The Kier molecular flexibility index (Phi) is 3.56. The lowest BCUT2D eigenvalue weighted by Crippen LogP contribution is -2.12. The Morgan fingerprint density at radius 2 is 2.17 bits per heavy atom. The highest BCUT2D eigenvalue weighted by atomic mass is 32.2. The summed E-state index contributed by atoms with van der Waals surface area (Å²) >= 11 is 0. The SMILES string of the molecule is CS(=O)(=O)CCOc1ccc2c(c1)CC/C2=N\O. The monoisotopic (exact) mass is 269 g/mol. The summed E-state index contributed by atoms with van der Waals surface area (Å²) < 4.78 is 27.3. The van der Waals surface area contributed by atoms with E-state index in [4.69, 9.17) is 9.94 Å². The summed E-state index contributed by atoms with van der Waals surface area (Å²) in [7, 11) is -3.00. The third kappa shape index (κ3) is 3.01. The molecule has 0 fully saturated rings. The van der Waals surface area contributed by atoms with Crippen molar-refractivity contribution < 1.29 is 18.4 Å². The molecule has 98 valence electrons. The van der Waals surface area contributed by atoms with Gasteiger partial charge in [-0.15, -0.1) is 0 Å². The molecule has 5 nitrogen and oxygen atoms in total. The van der Waals surface area contributed by atoms with Gasteiger partial charge < -0.3 is 9.94 Å². The molecule has 0 aromatic heterocycles. The van der Waals surface area contributed by atoms with E-state index in [0.717, 1.165) is 24.0 Å². The smallest absolute Gasteiger partial charge is 0.150 e. The van der Waals surface area contributed by atoms with Crippen LogP contribution in [0.25, 0.3) is 0 Å². The molecule has 1 aromatic carbocycles. The summed E-state index contributed by atoms with van der Waals surface area (Å²) in [6, 6.07) is 5.47. The maximum absolute atomic E-state index is 11.0. The maximum atomic E-state index is 11.0. The molecule has 1 N–H and O–H groups in total. The fraction of sp³-hybridized carbons (Fsp3) is 0.417. The normalized spacial score (nSPS) is 16.8. The van der Waals surface area contributed by atoms with Crippen molar-refractivity contribution >= 4 is 15.5 Å². The zero-order valence-electron chi connectivity index (χ0n) is 10.1. The lowest BCUT2D eigenvalue weighted by Gasteiger charge is -2.07. The summed E-state index contributed by atoms with van der Waals surface area (Å²) in [5.74, 6) is 0.657. The minimum Gasteiger partial charge on any atom is -0.493 e. The third-order valence-corrected chi connectivity index (χ3v) is 3.77. The van der Waals surface area contributed by atoms with Crippen molar-refractivity contribution in [3.63, 3.8) is 0 Å². The highest BCUT2D eigenvalue weighted by Crippen LogP contribution is 2.26. The predicted molar refractivity (Wildman–Crippen MR) is 68.3 cm³/mol. The van der Waals surface area contributed by atoms with Crippen molar-refractivity contribution in [1.29, 1.82) is 0 Å². The van der Waals surface area contributed by atoms with Crippen molar-refractivity contribution in [3.8, 4) is 5.75 Å². The Labute approximate surface area is 106 Å². The lowest BCUT2D eigenvalue weighted by atomic mass is 10.1. The largest absolute Gasteiger partial charge is 0.493 e. The number of nitrogens with zero attached hydrogens (tertiary/aromatic N) is 1. The molecule has 0 saturated heterocycles. The molecule has 0 spiro atoms. The Hall–Kier alpha value is -1.56. The fourth-order valence-electron chi connectivity index (χ4n) is 1.95. The van der Waals surface area contributed by atoms with Crippen LogP contribution in [0.4, 0.5) is 0 Å². The van der Waals surface area contributed by atoms with Crippen LogP contribution >= 0.6 is 0 Å². The zero-order valence-corrected chi connectivity index (χ0v) is 10.9. The molecule has 0 heterocycles. The Morgan fingerprint density at radius 1 is 1.39 bits per heavy atom. The number of fused-ring (bicyclic) bond motifs is 1. The van der Waals surface area contributed by atoms with Gasteiger partial charge in [0.15, 0.2) is 9.84 Å². The average molecular weight is 269 g/mol. The Morgan fingerprint density at radius 3 is 2.83 bits per heavy atom. The molecule has 1 aromatic rings. The molecule has 0 radical (unpaired) electrons. The summed E-state index contributed by atoms with van der Waals surface area (Å²) in [5.41, 5.74) is 2.69. The average Bonchev–Trinajstić information content (AvgIpc) is 2.69. The van der Waals surface area contributed by atoms with E-state index in [9.17, 15) is 8.42 Å². The summed E-state index contributed by atoms with van der Waals surface area (Å²) in [5, 5.41) is 12.1. The molecule has 1 aliphatic carbocycles. The number of benzene rings is 1. The molecule has 0 bridgehead atoms. The molecule has 0 saturated carbocycles. The second-order valence-corrected chi connectivity index (χ2v) is 6.60. The van der Waals surface area contributed by atoms with Gasteiger partial charge in [0, 0.05) is 11.8 Å². The van der Waals surface area contributed by atoms with Crippen LogP contribution in [-0.2, 0) is 16.3 Å². The van der Waals surface area contributed by atoms with Crippen LogP contribution in [0.1, 0.15) is 17.5 Å². The molecule has 1 aliphatic rings. The van der Waals surface area contributed by atoms with Gasteiger partial charge in [-0.05, 0) is 36.6 Å². The molecule has 0 unspecified atom stereocenters. The number of sulfone groups is 1. The first kappa shape index (κ1) is 12.9. The first-order chi connectivity index (χ1) is 8.49. The van der Waals surface area contributed by atoms with Gasteiger partial charge in [-0.25, -0.2) is 8.42 Å². The van der Waals surface area contributed by atoms with Crippen LogP contribution in [-0.4, -0.2) is 38.0 Å². The predicted octanol–water partition coefficient (Wildman–Crippen LogP) is 1.23. The molecule has 0 amide bonds. The maximum Gasteiger partial charge on any atom is 0.150 e. The van der Waals surface area contributed by atoms with Crippen LogP contribution in [0.5, 0.6) is 5.75 Å². The van der Waals surface area contributed by atoms with E-state index < -0.39 is 9.84 Å². The van der Waals surface area contributed by atoms with Gasteiger partial charge in [0.1, 0.15) is 12.4 Å². The van der Waals surface area contributed by atoms with Crippen molar-refractivity contribution in [2.75, 3.05) is 18.6 Å². The van der Waals surface area contributed by atoms with Gasteiger partial charge in [0.2, 0.25) is 0 Å². The van der Waals surface area contributed by atoms with Crippen LogP contribution in [0.3, 0.4) is 0 Å². The molecule has 0 aliphatic heterocycles. The minimum atomic E-state index is -3.00. The highest BCUT2D eigenvalue weighted by Gasteiger charge is 2.18. The van der Waals surface area contributed by atoms with Crippen LogP contribution in [0.15, 0.2) is 23.4 Å². The molecular formula is C12H15NO4S. The van der Waals surface area contributed by atoms with E-state index in [1.54, 1.807) is 6.07 Å². The second kappa shape index (κ2) is 4.97. The first-order valence-electron chi connectivity index (χ1n) is 5.64. The number of hydrogen-bond donors (Lipinski definition) is 1. The molecular weight excluding hydrogens is 254 g/mol. The molecule has 0 atom stereocenters. The van der Waals surface area contributed by atoms with Crippen molar-refractivity contribution in [2.24, 2.45) is 5.16 Å². The van der Waals surface area contributed by atoms with Gasteiger partial charge in [-0.3, -0.25) is 0 Å². The van der Waals surface area contributed by atoms with Crippen molar-refractivity contribution in [3.05, 3.63) is 29.3 Å². The van der Waals surface area contributed by atoms with Crippen LogP contribution in [0, 0.1) is 0 Å². The fourth-order valence-corrected chi connectivity index (χ4v) is 2.34. The quantitative estimate of drug-likeness (QED) is 0.659. The van der Waals surface area contributed by atoms with E-state index in [1.807, 2.05) is 12.1 Å². The van der Waals surface area contributed by atoms with E-state index in [0.29, 0.717) is 11.5 Å². The third-order valence-electron chi connectivity index (χ3n) is 2.86. The van der Waals surface area contributed by atoms with Crippen molar-refractivity contribution in [1.82, 2.24) is 0 Å². The zero-order chi connectivity index (χ0) is 13.2. The van der Waals surface area contributed by atoms with Gasteiger partial charge in [0.25, 0.3) is 0 Å². The van der Waals surface area contributed by atoms with E-state index in [2.05, 4.69) is 5.16 Å². The number of oxime groups is 1. The highest BCUT2D eigenvalue weighted by molar-refractivity contribution is 7.90. The Balaban J connectivity index is 2.05. The van der Waals surface area contributed by atoms with Crippen LogP contribution in [0.2, 0.25) is 0 Å². The van der Waals surface area contributed by atoms with Gasteiger partial charge >= 0.3 is 0 Å². The molecule has 18 heavy (non-hydrogen) atoms. The minimum absolute atomic E-state index is 0.00737. The van der Waals surface area contributed by atoms with Gasteiger partial charge in [-0.1, -0.05) is 5.16 Å². The second-order valence-electron chi connectivity index (χ2n) is 4.34. The molecule has 2 rings (SSSR count). The number of rotatable bonds is 4. The summed E-state index contributed by atoms with van der Waals surface area (Å²) in [4.78, 5) is 0. The lowest BCUT2D eigenvalue weighted by molar-refractivity contribution is 0.318. The summed E-state index contributed by atoms with van der Waals surface area (Å²) in [6.07, 6.45) is 2.72. The summed E-state index contributed by atoms with van der Waals surface area (Å²) in [6.45, 7) is 0.151. The van der Waals surface area contributed by atoms with Crippen LogP contribution < -0.4 is 4.74 Å². The van der Waals surface area contributed by atoms with E-state index >= 15 is 0 Å². The van der Waals surface area contributed by atoms with E-state index in [-0.39, 0.29) is 12.4 Å². The number of aryl methyl sites for hydroxylation is 1. The Bertz CT molecular complexity index is 578.